The number of aromatic nitrogens is 3. The molecule has 3 aromatic rings. The van der Waals surface area contributed by atoms with Crippen molar-refractivity contribution in [2.45, 2.75) is 33.6 Å². The van der Waals surface area contributed by atoms with Gasteiger partial charge in [-0.1, -0.05) is 17.7 Å². The van der Waals surface area contributed by atoms with Gasteiger partial charge in [0.15, 0.2) is 5.13 Å². The number of hydrogen-bond acceptors (Lipinski definition) is 7. The Morgan fingerprint density at radius 3 is 2.75 bits per heavy atom. The molecule has 8 nitrogen and oxygen atoms in total. The molecule has 32 heavy (non-hydrogen) atoms. The SMILES string of the molecule is Cc1ccc(C)c(-c2csc(NC(=O)CCc3c(C)nc(N4CCOCC4)[nH]c3=O)n2)c1. The Bertz CT molecular complexity index is 1180. The first-order valence-electron chi connectivity index (χ1n) is 10.7. The highest BCUT2D eigenvalue weighted by atomic mass is 32.1. The molecule has 0 unspecified atom stereocenters. The zero-order chi connectivity index (χ0) is 22.7. The van der Waals surface area contributed by atoms with Crippen LogP contribution in [0.15, 0.2) is 28.4 Å². The molecule has 1 aliphatic rings. The van der Waals surface area contributed by atoms with Gasteiger partial charge in [-0.3, -0.25) is 14.6 Å². The van der Waals surface area contributed by atoms with Crippen molar-refractivity contribution >= 4 is 28.3 Å². The number of ether oxygens (including phenoxy) is 1. The molecule has 0 spiro atoms. The highest BCUT2D eigenvalue weighted by molar-refractivity contribution is 7.14. The van der Waals surface area contributed by atoms with Crippen LogP contribution in [-0.2, 0) is 16.0 Å². The van der Waals surface area contributed by atoms with Crippen LogP contribution in [0, 0.1) is 20.8 Å². The first-order valence-corrected chi connectivity index (χ1v) is 11.5. The fraction of sp³-hybridized carbons (Fsp3) is 0.391. The third kappa shape index (κ3) is 5.05. The second-order valence-electron chi connectivity index (χ2n) is 7.96. The number of anilines is 2. The molecule has 1 saturated heterocycles. The summed E-state index contributed by atoms with van der Waals surface area (Å²) < 4.78 is 5.35. The van der Waals surface area contributed by atoms with Gasteiger partial charge in [0.1, 0.15) is 0 Å². The van der Waals surface area contributed by atoms with E-state index in [2.05, 4.69) is 38.5 Å². The molecule has 2 N–H and O–H groups in total. The zero-order valence-electron chi connectivity index (χ0n) is 18.5. The van der Waals surface area contributed by atoms with E-state index >= 15 is 0 Å². The molecule has 0 radical (unpaired) electrons. The Kier molecular flexibility index (Phi) is 6.66. The number of thiazole rings is 1. The molecule has 0 atom stereocenters. The van der Waals surface area contributed by atoms with E-state index in [-0.39, 0.29) is 17.9 Å². The number of aromatic amines is 1. The first-order chi connectivity index (χ1) is 15.4. The summed E-state index contributed by atoms with van der Waals surface area (Å²) in [4.78, 5) is 39.1. The normalized spacial score (nSPS) is 13.9. The predicted molar refractivity (Wildman–Crippen MR) is 127 cm³/mol. The standard InChI is InChI=1S/C23H27N5O3S/c1-14-4-5-15(2)18(12-14)19-13-32-23(25-19)26-20(29)7-6-17-16(3)24-22(27-21(17)30)28-8-10-31-11-9-28/h4-5,12-13H,6-11H2,1-3H3,(H,24,27,30)(H,25,26,29). The lowest BCUT2D eigenvalue weighted by atomic mass is 10.0. The fourth-order valence-corrected chi connectivity index (χ4v) is 4.43. The number of benzene rings is 1. The average molecular weight is 454 g/mol. The molecule has 168 valence electrons. The largest absolute Gasteiger partial charge is 0.378 e. The molecule has 1 fully saturated rings. The summed E-state index contributed by atoms with van der Waals surface area (Å²) >= 11 is 1.39. The van der Waals surface area contributed by atoms with E-state index in [4.69, 9.17) is 4.74 Å². The van der Waals surface area contributed by atoms with Crippen molar-refractivity contribution in [3.05, 3.63) is 56.3 Å². The molecule has 9 heteroatoms. The number of rotatable bonds is 6. The van der Waals surface area contributed by atoms with Crippen LogP contribution >= 0.6 is 11.3 Å². The van der Waals surface area contributed by atoms with Crippen molar-refractivity contribution in [2.24, 2.45) is 0 Å². The zero-order valence-corrected chi connectivity index (χ0v) is 19.3. The highest BCUT2D eigenvalue weighted by Gasteiger charge is 2.17. The van der Waals surface area contributed by atoms with Crippen molar-refractivity contribution in [2.75, 3.05) is 36.5 Å². The van der Waals surface area contributed by atoms with Gasteiger partial charge in [-0.25, -0.2) is 9.97 Å². The molecule has 1 amide bonds. The molecular formula is C23H27N5O3S. The van der Waals surface area contributed by atoms with Crippen molar-refractivity contribution in [3.63, 3.8) is 0 Å². The third-order valence-corrected chi connectivity index (χ3v) is 6.30. The monoisotopic (exact) mass is 453 g/mol. The van der Waals surface area contributed by atoms with Gasteiger partial charge in [-0.2, -0.15) is 0 Å². The lowest BCUT2D eigenvalue weighted by Gasteiger charge is -2.27. The van der Waals surface area contributed by atoms with Gasteiger partial charge in [-0.15, -0.1) is 11.3 Å². The molecule has 1 aliphatic heterocycles. The maximum atomic E-state index is 12.6. The Morgan fingerprint density at radius 2 is 2.00 bits per heavy atom. The lowest BCUT2D eigenvalue weighted by Crippen LogP contribution is -2.38. The van der Waals surface area contributed by atoms with Gasteiger partial charge in [0.25, 0.3) is 5.56 Å². The van der Waals surface area contributed by atoms with E-state index in [1.807, 2.05) is 31.1 Å². The van der Waals surface area contributed by atoms with Gasteiger partial charge >= 0.3 is 0 Å². The number of amides is 1. The predicted octanol–water partition coefficient (Wildman–Crippen LogP) is 3.23. The number of hydrogen-bond donors (Lipinski definition) is 2. The fourth-order valence-electron chi connectivity index (χ4n) is 3.70. The first kappa shape index (κ1) is 22.2. The summed E-state index contributed by atoms with van der Waals surface area (Å²) in [5.74, 6) is 0.383. The lowest BCUT2D eigenvalue weighted by molar-refractivity contribution is -0.116. The van der Waals surface area contributed by atoms with Crippen molar-refractivity contribution in [1.82, 2.24) is 15.0 Å². The number of nitrogens with zero attached hydrogens (tertiary/aromatic N) is 3. The van der Waals surface area contributed by atoms with Crippen molar-refractivity contribution in [3.8, 4) is 11.3 Å². The Morgan fingerprint density at radius 1 is 1.22 bits per heavy atom. The molecule has 3 heterocycles. The van der Waals surface area contributed by atoms with Crippen LogP contribution in [0.1, 0.15) is 28.8 Å². The number of carbonyl (C=O) groups excluding carboxylic acids is 1. The maximum absolute atomic E-state index is 12.6. The number of nitrogens with one attached hydrogen (secondary N) is 2. The van der Waals surface area contributed by atoms with Crippen LogP contribution in [0.4, 0.5) is 11.1 Å². The van der Waals surface area contributed by atoms with Crippen LogP contribution in [0.3, 0.4) is 0 Å². The summed E-state index contributed by atoms with van der Waals surface area (Å²) in [5.41, 5.74) is 5.21. The smallest absolute Gasteiger partial charge is 0.255 e. The van der Waals surface area contributed by atoms with Gasteiger partial charge in [0.05, 0.1) is 18.9 Å². The Hall–Kier alpha value is -3.04. The van der Waals surface area contributed by atoms with Gasteiger partial charge in [-0.05, 0) is 38.8 Å². The van der Waals surface area contributed by atoms with E-state index in [0.717, 1.165) is 22.4 Å². The average Bonchev–Trinajstić information content (AvgIpc) is 3.23. The summed E-state index contributed by atoms with van der Waals surface area (Å²) in [7, 11) is 0. The summed E-state index contributed by atoms with van der Waals surface area (Å²) in [6, 6.07) is 6.24. The van der Waals surface area contributed by atoms with E-state index < -0.39 is 0 Å². The molecule has 2 aromatic heterocycles. The highest BCUT2D eigenvalue weighted by Crippen LogP contribution is 2.28. The summed E-state index contributed by atoms with van der Waals surface area (Å²) in [6.07, 6.45) is 0.500. The maximum Gasteiger partial charge on any atom is 0.255 e. The van der Waals surface area contributed by atoms with Crippen LogP contribution < -0.4 is 15.8 Å². The number of morpholine rings is 1. The second kappa shape index (κ2) is 9.62. The van der Waals surface area contributed by atoms with Crippen LogP contribution in [0.2, 0.25) is 0 Å². The molecule has 0 aliphatic carbocycles. The van der Waals surface area contributed by atoms with Gasteiger partial charge in [0, 0.05) is 41.7 Å². The Labute approximate surface area is 190 Å². The molecule has 0 saturated carbocycles. The topological polar surface area (TPSA) is 100 Å². The third-order valence-electron chi connectivity index (χ3n) is 5.54. The molecule has 0 bridgehead atoms. The van der Waals surface area contributed by atoms with Crippen LogP contribution in [0.5, 0.6) is 0 Å². The molecule has 1 aromatic carbocycles. The van der Waals surface area contributed by atoms with Crippen LogP contribution in [-0.4, -0.2) is 47.2 Å². The summed E-state index contributed by atoms with van der Waals surface area (Å²) in [6.45, 7) is 8.53. The second-order valence-corrected chi connectivity index (χ2v) is 8.82. The summed E-state index contributed by atoms with van der Waals surface area (Å²) in [5, 5.41) is 5.35. The van der Waals surface area contributed by atoms with E-state index in [9.17, 15) is 9.59 Å². The minimum Gasteiger partial charge on any atom is -0.378 e. The van der Waals surface area contributed by atoms with Gasteiger partial charge < -0.3 is 15.0 Å². The van der Waals surface area contributed by atoms with E-state index in [0.29, 0.717) is 55.1 Å². The quantitative estimate of drug-likeness (QED) is 0.594. The van der Waals surface area contributed by atoms with Crippen LogP contribution in [0.25, 0.3) is 11.3 Å². The van der Waals surface area contributed by atoms with Crippen molar-refractivity contribution in [1.29, 1.82) is 0 Å². The molecule has 4 rings (SSSR count). The van der Waals surface area contributed by atoms with E-state index in [1.54, 1.807) is 0 Å². The van der Waals surface area contributed by atoms with Crippen molar-refractivity contribution < 1.29 is 9.53 Å². The Balaban J connectivity index is 1.39. The number of carbonyl (C=O) groups is 1. The minimum absolute atomic E-state index is 0.178. The number of H-pyrrole nitrogens is 1. The van der Waals surface area contributed by atoms with Gasteiger partial charge in [0.2, 0.25) is 11.9 Å². The van der Waals surface area contributed by atoms with E-state index in [1.165, 1.54) is 11.3 Å². The molecular weight excluding hydrogens is 426 g/mol. The number of aryl methyl sites for hydroxylation is 3. The minimum atomic E-state index is -0.196.